The molecule has 4 nitrogen and oxygen atoms in total. The second kappa shape index (κ2) is 8.17. The number of benzene rings is 1. The molecule has 1 aliphatic heterocycles. The SMILES string of the molecule is COC(=O)C(C)([B]CC(C)I)C1=N[C@@H](Cc2ccccc2)CO1. The third-order valence-electron chi connectivity index (χ3n) is 3.93. The lowest BCUT2D eigenvalue weighted by atomic mass is 9.50. The standard InChI is InChI=1S/C17H22BINO3/c1-12(19)10-18-17(2,16(21)22-3)15-20-14(11-23-15)9-13-7-5-4-6-8-13/h4-8,12,14H,9-11H2,1-3H3/t12?,14-,17?/m0/s1. The van der Waals surface area contributed by atoms with Crippen LogP contribution in [-0.4, -0.2) is 42.8 Å². The summed E-state index contributed by atoms with van der Waals surface area (Å²) in [5.41, 5.74) is 1.22. The van der Waals surface area contributed by atoms with Gasteiger partial charge >= 0.3 is 5.97 Å². The minimum absolute atomic E-state index is 0.0433. The average Bonchev–Trinajstić information content (AvgIpc) is 3.01. The number of carbonyl (C=O) groups excluding carboxylic acids is 1. The Balaban J connectivity index is 2.12. The molecule has 0 fully saturated rings. The van der Waals surface area contributed by atoms with E-state index in [4.69, 9.17) is 9.47 Å². The minimum Gasteiger partial charge on any atom is -0.478 e. The van der Waals surface area contributed by atoms with Crippen LogP contribution in [-0.2, 0) is 20.7 Å². The van der Waals surface area contributed by atoms with E-state index in [1.165, 1.54) is 12.7 Å². The van der Waals surface area contributed by atoms with Gasteiger partial charge in [0, 0.05) is 3.92 Å². The lowest BCUT2D eigenvalue weighted by Crippen LogP contribution is -2.37. The van der Waals surface area contributed by atoms with E-state index in [1.54, 1.807) is 0 Å². The molecule has 123 valence electrons. The van der Waals surface area contributed by atoms with Gasteiger partial charge in [-0.1, -0.05) is 66.2 Å². The van der Waals surface area contributed by atoms with Gasteiger partial charge in [-0.15, -0.1) is 0 Å². The van der Waals surface area contributed by atoms with Crippen molar-refractivity contribution >= 4 is 41.7 Å². The van der Waals surface area contributed by atoms with E-state index in [1.807, 2.05) is 32.4 Å². The minimum atomic E-state index is -0.917. The molecule has 2 rings (SSSR count). The van der Waals surface area contributed by atoms with Gasteiger partial charge in [-0.25, -0.2) is 4.99 Å². The largest absolute Gasteiger partial charge is 0.478 e. The maximum Gasteiger partial charge on any atom is 0.312 e. The third-order valence-corrected chi connectivity index (χ3v) is 4.44. The number of nitrogens with zero attached hydrogens (tertiary/aromatic N) is 1. The highest BCUT2D eigenvalue weighted by Crippen LogP contribution is 2.34. The number of esters is 1. The zero-order chi connectivity index (χ0) is 16.9. The Labute approximate surface area is 152 Å². The van der Waals surface area contributed by atoms with Gasteiger partial charge in [0.25, 0.3) is 0 Å². The highest BCUT2D eigenvalue weighted by atomic mass is 127. The van der Waals surface area contributed by atoms with Gasteiger partial charge in [0.15, 0.2) is 5.90 Å². The zero-order valence-electron chi connectivity index (χ0n) is 13.8. The average molecular weight is 426 g/mol. The fourth-order valence-electron chi connectivity index (χ4n) is 2.56. The van der Waals surface area contributed by atoms with Crippen LogP contribution >= 0.6 is 22.6 Å². The molecule has 0 aliphatic carbocycles. The first-order valence-corrected chi connectivity index (χ1v) is 9.02. The Hall–Kier alpha value is -1.05. The summed E-state index contributed by atoms with van der Waals surface area (Å²) < 4.78 is 11.2. The molecular formula is C17H22BINO3. The molecule has 0 saturated carbocycles. The number of rotatable bonds is 7. The number of methoxy groups -OCH3 is 1. The van der Waals surface area contributed by atoms with Crippen LogP contribution in [0.2, 0.25) is 11.6 Å². The third kappa shape index (κ3) is 4.72. The van der Waals surface area contributed by atoms with E-state index in [-0.39, 0.29) is 12.0 Å². The van der Waals surface area contributed by atoms with Gasteiger partial charge in [0.1, 0.15) is 19.2 Å². The molecule has 0 spiro atoms. The van der Waals surface area contributed by atoms with Crippen molar-refractivity contribution in [2.45, 2.75) is 41.9 Å². The fraction of sp³-hybridized carbons (Fsp3) is 0.529. The lowest BCUT2D eigenvalue weighted by molar-refractivity contribution is -0.142. The second-order valence-electron chi connectivity index (χ2n) is 6.00. The molecule has 0 aromatic heterocycles. The summed E-state index contributed by atoms with van der Waals surface area (Å²) in [5, 5.41) is -0.917. The molecule has 0 bridgehead atoms. The molecule has 0 saturated heterocycles. The number of carbonyl (C=O) groups is 1. The molecule has 0 amide bonds. The molecule has 2 unspecified atom stereocenters. The van der Waals surface area contributed by atoms with Gasteiger partial charge in [0.05, 0.1) is 13.2 Å². The molecule has 1 radical (unpaired) electrons. The maximum absolute atomic E-state index is 12.3. The van der Waals surface area contributed by atoms with E-state index < -0.39 is 5.31 Å². The van der Waals surface area contributed by atoms with Gasteiger partial charge < -0.3 is 9.47 Å². The topological polar surface area (TPSA) is 47.9 Å². The first-order valence-electron chi connectivity index (χ1n) is 7.77. The number of hydrogen-bond donors (Lipinski definition) is 0. The molecular weight excluding hydrogens is 404 g/mol. The van der Waals surface area contributed by atoms with E-state index in [0.717, 1.165) is 12.7 Å². The summed E-state index contributed by atoms with van der Waals surface area (Å²) >= 11 is 2.34. The molecule has 1 aliphatic rings. The smallest absolute Gasteiger partial charge is 0.312 e. The number of aliphatic imine (C=N–C) groups is 1. The van der Waals surface area contributed by atoms with Crippen LogP contribution in [0.25, 0.3) is 0 Å². The lowest BCUT2D eigenvalue weighted by Gasteiger charge is -2.25. The van der Waals surface area contributed by atoms with Crippen molar-refractivity contribution in [1.29, 1.82) is 0 Å². The second-order valence-corrected chi connectivity index (χ2v) is 8.13. The summed E-state index contributed by atoms with van der Waals surface area (Å²) in [4.78, 5) is 16.9. The van der Waals surface area contributed by atoms with Gasteiger partial charge in [-0.05, 0) is 18.9 Å². The Morgan fingerprint density at radius 1 is 1.52 bits per heavy atom. The van der Waals surface area contributed by atoms with Crippen molar-refractivity contribution in [3.8, 4) is 0 Å². The first kappa shape index (κ1) is 18.3. The number of ether oxygens (including phenoxy) is 2. The Morgan fingerprint density at radius 2 is 2.22 bits per heavy atom. The molecule has 3 atom stereocenters. The van der Waals surface area contributed by atoms with E-state index in [9.17, 15) is 4.79 Å². The van der Waals surface area contributed by atoms with E-state index >= 15 is 0 Å². The summed E-state index contributed by atoms with van der Waals surface area (Å²) in [6, 6.07) is 10.2. The van der Waals surface area contributed by atoms with Crippen LogP contribution in [0.1, 0.15) is 19.4 Å². The van der Waals surface area contributed by atoms with Crippen molar-refractivity contribution < 1.29 is 14.3 Å². The Bertz CT molecular complexity index is 564. The predicted octanol–water partition coefficient (Wildman–Crippen LogP) is 3.32. The Kier molecular flexibility index (Phi) is 6.50. The number of alkyl halides is 1. The van der Waals surface area contributed by atoms with Crippen molar-refractivity contribution in [3.63, 3.8) is 0 Å². The van der Waals surface area contributed by atoms with Gasteiger partial charge in [-0.2, -0.15) is 0 Å². The van der Waals surface area contributed by atoms with Crippen LogP contribution in [0.15, 0.2) is 35.3 Å². The molecule has 1 aromatic rings. The van der Waals surface area contributed by atoms with Crippen LogP contribution in [0.5, 0.6) is 0 Å². The van der Waals surface area contributed by atoms with Gasteiger partial charge in [0.2, 0.25) is 0 Å². The van der Waals surface area contributed by atoms with E-state index in [2.05, 4.69) is 46.6 Å². The fourth-order valence-corrected chi connectivity index (χ4v) is 2.81. The summed E-state index contributed by atoms with van der Waals surface area (Å²) in [6.45, 7) is 4.43. The number of hydrogen-bond acceptors (Lipinski definition) is 4. The number of halogens is 1. The van der Waals surface area contributed by atoms with Crippen LogP contribution < -0.4 is 0 Å². The first-order chi connectivity index (χ1) is 11.0. The normalized spacial score (nSPS) is 20.9. The van der Waals surface area contributed by atoms with Crippen molar-refractivity contribution in [2.75, 3.05) is 13.7 Å². The summed E-state index contributed by atoms with van der Waals surface area (Å²) in [7, 11) is 3.36. The maximum atomic E-state index is 12.3. The quantitative estimate of drug-likeness (QED) is 0.291. The predicted molar refractivity (Wildman–Crippen MR) is 102 cm³/mol. The summed E-state index contributed by atoms with van der Waals surface area (Å²) in [5.74, 6) is 0.149. The monoisotopic (exact) mass is 426 g/mol. The van der Waals surface area contributed by atoms with Crippen LogP contribution in [0.4, 0.5) is 0 Å². The van der Waals surface area contributed by atoms with Gasteiger partial charge in [-0.3, -0.25) is 4.79 Å². The van der Waals surface area contributed by atoms with Crippen molar-refractivity contribution in [2.24, 2.45) is 4.99 Å². The molecule has 1 heterocycles. The van der Waals surface area contributed by atoms with E-state index in [0.29, 0.717) is 16.4 Å². The van der Waals surface area contributed by atoms with Crippen LogP contribution in [0.3, 0.4) is 0 Å². The molecule has 23 heavy (non-hydrogen) atoms. The zero-order valence-corrected chi connectivity index (χ0v) is 15.9. The molecule has 1 aromatic carbocycles. The van der Waals surface area contributed by atoms with Crippen molar-refractivity contribution in [3.05, 3.63) is 35.9 Å². The highest BCUT2D eigenvalue weighted by Gasteiger charge is 2.44. The van der Waals surface area contributed by atoms with Crippen LogP contribution in [0, 0.1) is 0 Å². The van der Waals surface area contributed by atoms with Crippen molar-refractivity contribution in [1.82, 2.24) is 0 Å². The highest BCUT2D eigenvalue weighted by molar-refractivity contribution is 14.1. The molecule has 0 N–H and O–H groups in total. The summed E-state index contributed by atoms with van der Waals surface area (Å²) in [6.07, 6.45) is 1.60. The molecule has 6 heteroatoms. The Morgan fingerprint density at radius 3 is 2.83 bits per heavy atom.